The number of anilines is 1. The zero-order valence-electron chi connectivity index (χ0n) is 13.2. The summed E-state index contributed by atoms with van der Waals surface area (Å²) in [5.41, 5.74) is 2.91. The Balaban J connectivity index is 1.87. The molecule has 0 unspecified atom stereocenters. The lowest BCUT2D eigenvalue weighted by Gasteiger charge is -2.10. The van der Waals surface area contributed by atoms with Crippen LogP contribution in [0.25, 0.3) is 10.9 Å². The molecule has 2 N–H and O–H groups in total. The van der Waals surface area contributed by atoms with Crippen LogP contribution < -0.4 is 10.1 Å². The van der Waals surface area contributed by atoms with Crippen LogP contribution in [0, 0.1) is 12.7 Å². The van der Waals surface area contributed by atoms with Crippen molar-refractivity contribution in [3.05, 3.63) is 58.5 Å². The average molecular weight is 347 g/mol. The number of methoxy groups -OCH3 is 1. The van der Waals surface area contributed by atoms with Crippen LogP contribution >= 0.6 is 11.6 Å². The molecule has 1 heterocycles. The first kappa shape index (κ1) is 16.3. The maximum Gasteiger partial charge on any atom is 0.228 e. The minimum absolute atomic E-state index is 0.116. The van der Waals surface area contributed by atoms with Crippen molar-refractivity contribution < 1.29 is 13.9 Å². The first-order valence-corrected chi connectivity index (χ1v) is 7.76. The van der Waals surface area contributed by atoms with E-state index in [1.165, 1.54) is 19.2 Å². The third-order valence-electron chi connectivity index (χ3n) is 3.85. The number of hydrogen-bond acceptors (Lipinski definition) is 2. The molecule has 1 amide bonds. The second kappa shape index (κ2) is 6.53. The van der Waals surface area contributed by atoms with E-state index in [9.17, 15) is 9.18 Å². The van der Waals surface area contributed by atoms with E-state index >= 15 is 0 Å². The van der Waals surface area contributed by atoms with Gasteiger partial charge in [-0.05, 0) is 48.9 Å². The highest BCUT2D eigenvalue weighted by Gasteiger charge is 2.15. The molecule has 124 valence electrons. The topological polar surface area (TPSA) is 54.1 Å². The number of halogens is 2. The van der Waals surface area contributed by atoms with E-state index in [-0.39, 0.29) is 18.1 Å². The van der Waals surface area contributed by atoms with Crippen molar-refractivity contribution in [1.29, 1.82) is 0 Å². The normalized spacial score (nSPS) is 10.8. The van der Waals surface area contributed by atoms with E-state index in [0.717, 1.165) is 16.8 Å². The summed E-state index contributed by atoms with van der Waals surface area (Å²) in [4.78, 5) is 15.6. The molecular weight excluding hydrogens is 331 g/mol. The van der Waals surface area contributed by atoms with Crippen LogP contribution in [0.2, 0.25) is 5.02 Å². The number of amides is 1. The summed E-state index contributed by atoms with van der Waals surface area (Å²) in [6, 6.07) is 9.48. The van der Waals surface area contributed by atoms with Crippen LogP contribution in [0.5, 0.6) is 5.75 Å². The average Bonchev–Trinajstić information content (AvgIpc) is 2.83. The number of benzene rings is 2. The monoisotopic (exact) mass is 346 g/mol. The van der Waals surface area contributed by atoms with Crippen molar-refractivity contribution in [2.75, 3.05) is 12.4 Å². The molecule has 0 saturated carbocycles. The second-order valence-electron chi connectivity index (χ2n) is 5.49. The van der Waals surface area contributed by atoms with E-state index in [1.54, 1.807) is 24.3 Å². The molecule has 3 rings (SSSR count). The number of aryl methyl sites for hydroxylation is 1. The fourth-order valence-electron chi connectivity index (χ4n) is 2.72. The van der Waals surface area contributed by atoms with Gasteiger partial charge in [0.1, 0.15) is 11.6 Å². The molecule has 0 saturated heterocycles. The van der Waals surface area contributed by atoms with E-state index in [4.69, 9.17) is 16.3 Å². The predicted octanol–water partition coefficient (Wildman–Crippen LogP) is 4.46. The molecule has 2 aromatic carbocycles. The lowest BCUT2D eigenvalue weighted by molar-refractivity contribution is -0.115. The minimum Gasteiger partial charge on any atom is -0.495 e. The number of aromatic nitrogens is 1. The van der Waals surface area contributed by atoms with Gasteiger partial charge in [-0.15, -0.1) is 0 Å². The molecule has 0 fully saturated rings. The zero-order valence-corrected chi connectivity index (χ0v) is 14.0. The highest BCUT2D eigenvalue weighted by atomic mass is 35.5. The van der Waals surface area contributed by atoms with Gasteiger partial charge in [0.2, 0.25) is 5.91 Å². The van der Waals surface area contributed by atoms with Gasteiger partial charge in [-0.25, -0.2) is 4.39 Å². The number of H-pyrrole nitrogens is 1. The van der Waals surface area contributed by atoms with Gasteiger partial charge < -0.3 is 15.0 Å². The Labute approximate surface area is 143 Å². The molecule has 1 aromatic heterocycles. The van der Waals surface area contributed by atoms with Crippen LogP contribution in [0.3, 0.4) is 0 Å². The van der Waals surface area contributed by atoms with Gasteiger partial charge in [0.15, 0.2) is 0 Å². The van der Waals surface area contributed by atoms with Crippen molar-refractivity contribution >= 4 is 34.1 Å². The number of nitrogens with one attached hydrogen (secondary N) is 2. The van der Waals surface area contributed by atoms with Gasteiger partial charge in [0, 0.05) is 21.6 Å². The molecule has 0 aliphatic rings. The van der Waals surface area contributed by atoms with E-state index in [1.807, 2.05) is 6.92 Å². The number of rotatable bonds is 4. The fraction of sp³-hybridized carbons (Fsp3) is 0.167. The Morgan fingerprint density at radius 3 is 2.83 bits per heavy atom. The van der Waals surface area contributed by atoms with Gasteiger partial charge in [-0.1, -0.05) is 11.6 Å². The molecule has 0 radical (unpaired) electrons. The van der Waals surface area contributed by atoms with Crippen molar-refractivity contribution in [3.8, 4) is 5.75 Å². The molecule has 0 atom stereocenters. The smallest absolute Gasteiger partial charge is 0.228 e. The van der Waals surface area contributed by atoms with Gasteiger partial charge in [0.05, 0.1) is 19.2 Å². The molecule has 3 aromatic rings. The lowest BCUT2D eigenvalue weighted by atomic mass is 10.1. The third kappa shape index (κ3) is 3.21. The van der Waals surface area contributed by atoms with E-state index < -0.39 is 0 Å². The maximum atomic E-state index is 13.5. The van der Waals surface area contributed by atoms with Crippen molar-refractivity contribution in [3.63, 3.8) is 0 Å². The molecule has 6 heteroatoms. The van der Waals surface area contributed by atoms with Crippen molar-refractivity contribution in [1.82, 2.24) is 4.98 Å². The first-order valence-electron chi connectivity index (χ1n) is 7.38. The fourth-order valence-corrected chi connectivity index (χ4v) is 2.89. The Bertz CT molecular complexity index is 921. The molecular formula is C18H16ClFN2O2. The number of carbonyl (C=O) groups excluding carboxylic acids is 1. The Morgan fingerprint density at radius 1 is 1.29 bits per heavy atom. The van der Waals surface area contributed by atoms with E-state index in [2.05, 4.69) is 10.3 Å². The van der Waals surface area contributed by atoms with Crippen LogP contribution in [-0.4, -0.2) is 18.0 Å². The molecule has 4 nitrogen and oxygen atoms in total. The Morgan fingerprint density at radius 2 is 2.08 bits per heavy atom. The molecule has 0 aliphatic carbocycles. The van der Waals surface area contributed by atoms with Crippen LogP contribution in [-0.2, 0) is 11.2 Å². The van der Waals surface area contributed by atoms with Crippen molar-refractivity contribution in [2.45, 2.75) is 13.3 Å². The Kier molecular flexibility index (Phi) is 4.44. The molecule has 0 aliphatic heterocycles. The SMILES string of the molecule is COc1ccc(Cl)cc1NC(=O)Cc1c(C)[nH]c2ccc(F)cc12. The quantitative estimate of drug-likeness (QED) is 0.732. The number of hydrogen-bond donors (Lipinski definition) is 2. The first-order chi connectivity index (χ1) is 11.5. The summed E-state index contributed by atoms with van der Waals surface area (Å²) < 4.78 is 18.7. The van der Waals surface area contributed by atoms with Gasteiger partial charge in [0.25, 0.3) is 0 Å². The molecule has 24 heavy (non-hydrogen) atoms. The highest BCUT2D eigenvalue weighted by Crippen LogP contribution is 2.28. The van der Waals surface area contributed by atoms with Gasteiger partial charge in [-0.2, -0.15) is 0 Å². The lowest BCUT2D eigenvalue weighted by Crippen LogP contribution is -2.15. The second-order valence-corrected chi connectivity index (χ2v) is 5.92. The van der Waals surface area contributed by atoms with Gasteiger partial charge >= 0.3 is 0 Å². The highest BCUT2D eigenvalue weighted by molar-refractivity contribution is 6.31. The minimum atomic E-state index is -0.334. The number of carbonyl (C=O) groups is 1. The number of aromatic amines is 1. The predicted molar refractivity (Wildman–Crippen MR) is 93.3 cm³/mol. The zero-order chi connectivity index (χ0) is 17.3. The molecule has 0 spiro atoms. The summed E-state index contributed by atoms with van der Waals surface area (Å²) in [5.74, 6) is -0.0436. The van der Waals surface area contributed by atoms with Crippen molar-refractivity contribution in [2.24, 2.45) is 0 Å². The summed E-state index contributed by atoms with van der Waals surface area (Å²) >= 11 is 5.97. The Hall–Kier alpha value is -2.53. The van der Waals surface area contributed by atoms with Gasteiger partial charge in [-0.3, -0.25) is 4.79 Å². The summed E-state index contributed by atoms with van der Waals surface area (Å²) in [7, 11) is 1.52. The largest absolute Gasteiger partial charge is 0.495 e. The summed E-state index contributed by atoms with van der Waals surface area (Å²) in [6.45, 7) is 1.86. The van der Waals surface area contributed by atoms with Crippen LogP contribution in [0.1, 0.15) is 11.3 Å². The summed E-state index contributed by atoms with van der Waals surface area (Å²) in [6.07, 6.45) is 0.116. The summed E-state index contributed by atoms with van der Waals surface area (Å²) in [5, 5.41) is 4.00. The van der Waals surface area contributed by atoms with Crippen LogP contribution in [0.15, 0.2) is 36.4 Å². The third-order valence-corrected chi connectivity index (χ3v) is 4.09. The maximum absolute atomic E-state index is 13.5. The number of fused-ring (bicyclic) bond motifs is 1. The standard InChI is InChI=1S/C18H16ClFN2O2/c1-10-13(14-8-12(20)4-5-15(14)21-10)9-18(23)22-16-7-11(19)3-6-17(16)24-2/h3-8,21H,9H2,1-2H3,(H,22,23). The van der Waals surface area contributed by atoms with Crippen LogP contribution in [0.4, 0.5) is 10.1 Å². The molecule has 0 bridgehead atoms. The number of ether oxygens (including phenoxy) is 1. The van der Waals surface area contributed by atoms with E-state index in [0.29, 0.717) is 21.8 Å².